The van der Waals surface area contributed by atoms with Gasteiger partial charge in [0.2, 0.25) is 0 Å². The summed E-state index contributed by atoms with van der Waals surface area (Å²) in [5, 5.41) is 0. The normalized spacial score (nSPS) is 10.4. The van der Waals surface area contributed by atoms with Crippen LogP contribution in [0.1, 0.15) is 0 Å². The van der Waals surface area contributed by atoms with Crippen molar-refractivity contribution in [3.05, 3.63) is 28.9 Å². The molecule has 1 aromatic rings. The van der Waals surface area contributed by atoms with Crippen molar-refractivity contribution in [3.63, 3.8) is 0 Å². The van der Waals surface area contributed by atoms with E-state index in [1.54, 1.807) is 26.5 Å². The Morgan fingerprint density at radius 1 is 1.36 bits per heavy atom. The second-order valence-corrected chi connectivity index (χ2v) is 3.13. The summed E-state index contributed by atoms with van der Waals surface area (Å²) in [7, 11) is -1.50. The van der Waals surface area contributed by atoms with Gasteiger partial charge in [-0.2, -0.15) is 4.79 Å². The number of hydrogen-bond acceptors (Lipinski definition) is 5. The van der Waals surface area contributed by atoms with Gasteiger partial charge in [-0.15, -0.1) is 10.2 Å². The lowest BCUT2D eigenvalue weighted by Crippen LogP contribution is -2.68. The van der Waals surface area contributed by atoms with E-state index >= 15 is 0 Å². The molecule has 8 heteroatoms. The fourth-order valence-corrected chi connectivity index (χ4v) is 0.673. The third kappa shape index (κ3) is 6.52. The quantitative estimate of drug-likeness (QED) is 0.407. The van der Waals surface area contributed by atoms with E-state index in [4.69, 9.17) is 18.6 Å². The molecule has 0 fully saturated rings. The summed E-state index contributed by atoms with van der Waals surface area (Å²) in [5.41, 5.74) is -0.00231. The molecule has 0 radical (unpaired) electrons. The van der Waals surface area contributed by atoms with Gasteiger partial charge in [-0.25, -0.2) is 27.8 Å². The lowest BCUT2D eigenvalue weighted by Gasteiger charge is -2.17. The van der Waals surface area contributed by atoms with Crippen LogP contribution in [0.4, 0.5) is 0 Å². The van der Waals surface area contributed by atoms with Gasteiger partial charge in [-0.05, 0) is 0 Å². The van der Waals surface area contributed by atoms with Crippen LogP contribution in [0.15, 0.2) is 23.3 Å². The lowest BCUT2D eigenvalue weighted by molar-refractivity contribution is -2.00. The van der Waals surface area contributed by atoms with Crippen LogP contribution in [-0.2, 0) is 14.1 Å². The van der Waals surface area contributed by atoms with Crippen LogP contribution in [0, 0.1) is 10.2 Å². The minimum atomic E-state index is -4.94. The Kier molecular flexibility index (Phi) is 4.68. The standard InChI is InChI=1S/C6H9N2O.ClHO4/c1-7-4-3-5-8(2)6(7)9;2-1(3,4)5/h3-5H,1-2H3;(H,2,3,4,5)/q+1;/p-1. The van der Waals surface area contributed by atoms with Gasteiger partial charge in [-0.3, -0.25) is 0 Å². The van der Waals surface area contributed by atoms with Crippen molar-refractivity contribution in [2.45, 2.75) is 0 Å². The third-order valence-electron chi connectivity index (χ3n) is 1.22. The minimum Gasteiger partial charge on any atom is -0.222 e. The molecule has 0 amide bonds. The molecule has 80 valence electrons. The summed E-state index contributed by atoms with van der Waals surface area (Å²) >= 11 is 0. The Morgan fingerprint density at radius 2 is 1.79 bits per heavy atom. The van der Waals surface area contributed by atoms with Gasteiger partial charge in [-0.1, -0.05) is 0 Å². The maximum Gasteiger partial charge on any atom is 0.497 e. The molecular formula is C6H9ClN2O5. The maximum atomic E-state index is 10.9. The number of halogens is 1. The number of aromatic nitrogens is 2. The van der Waals surface area contributed by atoms with Crippen molar-refractivity contribution in [2.75, 3.05) is 0 Å². The van der Waals surface area contributed by atoms with Crippen LogP contribution in [0.5, 0.6) is 0 Å². The molecule has 0 aromatic carbocycles. The highest BCUT2D eigenvalue weighted by molar-refractivity contribution is 4.72. The molecule has 0 bridgehead atoms. The van der Waals surface area contributed by atoms with Crippen LogP contribution in [0.2, 0.25) is 0 Å². The van der Waals surface area contributed by atoms with E-state index in [2.05, 4.69) is 0 Å². The van der Waals surface area contributed by atoms with Gasteiger partial charge in [0, 0.05) is 6.07 Å². The number of nitrogens with zero attached hydrogens (tertiary/aromatic N) is 2. The Hall–Kier alpha value is -0.990. The fraction of sp³-hybridized carbons (Fsp3) is 0.333. The van der Waals surface area contributed by atoms with Crippen LogP contribution in [0.3, 0.4) is 0 Å². The molecule has 14 heavy (non-hydrogen) atoms. The summed E-state index contributed by atoms with van der Waals surface area (Å²) in [4.78, 5) is 10.9. The van der Waals surface area contributed by atoms with Crippen LogP contribution >= 0.6 is 0 Å². The molecule has 0 atom stereocenters. The molecule has 1 heterocycles. The predicted octanol–water partition coefficient (Wildman–Crippen LogP) is -5.55. The van der Waals surface area contributed by atoms with Crippen molar-refractivity contribution >= 4 is 0 Å². The highest BCUT2D eigenvalue weighted by Crippen LogP contribution is 1.66. The first-order valence-electron chi connectivity index (χ1n) is 3.35. The third-order valence-corrected chi connectivity index (χ3v) is 1.22. The molecular weight excluding hydrogens is 216 g/mol. The summed E-state index contributed by atoms with van der Waals surface area (Å²) < 4.78 is 37.0. The predicted molar refractivity (Wildman–Crippen MR) is 32.9 cm³/mol. The molecule has 1 aromatic heterocycles. The highest BCUT2D eigenvalue weighted by atomic mass is 35.7. The molecule has 0 unspecified atom stereocenters. The van der Waals surface area contributed by atoms with E-state index in [-0.39, 0.29) is 5.69 Å². The summed E-state index contributed by atoms with van der Waals surface area (Å²) in [6.45, 7) is 0. The second-order valence-electron chi connectivity index (χ2n) is 2.37. The largest absolute Gasteiger partial charge is 0.497 e. The van der Waals surface area contributed by atoms with E-state index in [0.717, 1.165) is 0 Å². The van der Waals surface area contributed by atoms with Gasteiger partial charge in [0.1, 0.15) is 0 Å². The van der Waals surface area contributed by atoms with Gasteiger partial charge >= 0.3 is 5.69 Å². The van der Waals surface area contributed by atoms with Crippen LogP contribution < -0.4 is 28.9 Å². The molecule has 0 spiro atoms. The van der Waals surface area contributed by atoms with E-state index in [9.17, 15) is 4.79 Å². The van der Waals surface area contributed by atoms with E-state index in [1.165, 1.54) is 9.13 Å². The van der Waals surface area contributed by atoms with Crippen LogP contribution in [0.25, 0.3) is 0 Å². The topological polar surface area (TPSA) is 118 Å². The Labute approximate surface area is 81.8 Å². The number of rotatable bonds is 0. The number of aryl methyl sites for hydroxylation is 2. The first-order chi connectivity index (χ1) is 6.22. The highest BCUT2D eigenvalue weighted by Gasteiger charge is 1.97. The maximum absolute atomic E-state index is 10.9. The SMILES string of the molecule is Cn1ccc[n+](C)c1=O.[O-][Cl+3]([O-])([O-])[O-]. The molecule has 0 aliphatic rings. The summed E-state index contributed by atoms with van der Waals surface area (Å²) in [6.07, 6.45) is 3.45. The summed E-state index contributed by atoms with van der Waals surface area (Å²) in [6, 6.07) is 1.82. The average Bonchev–Trinajstić information content (AvgIpc) is 1.97. The Balaban J connectivity index is 0.000000292. The molecule has 0 saturated carbocycles. The van der Waals surface area contributed by atoms with Crippen molar-refractivity contribution in [1.29, 1.82) is 0 Å². The molecule has 1 rings (SSSR count). The molecule has 0 N–H and O–H groups in total. The Morgan fingerprint density at radius 3 is 2.07 bits per heavy atom. The van der Waals surface area contributed by atoms with Gasteiger partial charge in [0.25, 0.3) is 0 Å². The van der Waals surface area contributed by atoms with Crippen LogP contribution in [-0.4, -0.2) is 4.57 Å². The Bertz CT molecular complexity index is 316. The molecule has 0 saturated heterocycles. The number of hydrogen-bond donors (Lipinski definition) is 0. The lowest BCUT2D eigenvalue weighted by atomic mass is 10.6. The minimum absolute atomic E-state index is 0.00231. The van der Waals surface area contributed by atoms with Crippen molar-refractivity contribution in [3.8, 4) is 0 Å². The molecule has 0 aliphatic carbocycles. The summed E-state index contributed by atoms with van der Waals surface area (Å²) in [5.74, 6) is 0. The monoisotopic (exact) mass is 224 g/mol. The average molecular weight is 225 g/mol. The molecule has 0 aliphatic heterocycles. The fourth-order valence-electron chi connectivity index (χ4n) is 0.673. The van der Waals surface area contributed by atoms with Crippen molar-refractivity contribution in [1.82, 2.24) is 4.57 Å². The first kappa shape index (κ1) is 13.0. The van der Waals surface area contributed by atoms with Crippen molar-refractivity contribution < 1.29 is 33.4 Å². The zero-order valence-electron chi connectivity index (χ0n) is 7.55. The van der Waals surface area contributed by atoms with E-state index in [1.807, 2.05) is 6.07 Å². The van der Waals surface area contributed by atoms with E-state index < -0.39 is 10.2 Å². The zero-order valence-corrected chi connectivity index (χ0v) is 8.30. The zero-order chi connectivity index (χ0) is 11.4. The van der Waals surface area contributed by atoms with Crippen molar-refractivity contribution in [2.24, 2.45) is 14.1 Å². The second kappa shape index (κ2) is 5.03. The van der Waals surface area contributed by atoms with Gasteiger partial charge in [0.05, 0.1) is 26.5 Å². The van der Waals surface area contributed by atoms with Gasteiger partial charge < -0.3 is 0 Å². The smallest absolute Gasteiger partial charge is 0.222 e. The molecule has 7 nitrogen and oxygen atoms in total. The van der Waals surface area contributed by atoms with Gasteiger partial charge in [0.15, 0.2) is 0 Å². The first-order valence-corrected chi connectivity index (χ1v) is 4.58. The van der Waals surface area contributed by atoms with E-state index in [0.29, 0.717) is 0 Å².